The number of anilines is 1. The van der Waals surface area contributed by atoms with E-state index in [-0.39, 0.29) is 11.8 Å². The number of carbonyl (C=O) groups excluding carboxylic acids is 2. The van der Waals surface area contributed by atoms with Gasteiger partial charge in [-0.05, 0) is 36.5 Å². The minimum atomic E-state index is -0.622. The predicted octanol–water partition coefficient (Wildman–Crippen LogP) is 0.547. The van der Waals surface area contributed by atoms with Crippen LogP contribution in [0.2, 0.25) is 0 Å². The topological polar surface area (TPSA) is 119 Å². The van der Waals surface area contributed by atoms with Crippen molar-refractivity contribution in [3.8, 4) is 0 Å². The summed E-state index contributed by atoms with van der Waals surface area (Å²) < 4.78 is 5.27. The quantitative estimate of drug-likeness (QED) is 0.635. The largest absolute Gasteiger partial charge is 0.381 e. The molecule has 7 nitrogen and oxygen atoms in total. The van der Waals surface area contributed by atoms with Crippen molar-refractivity contribution in [3.63, 3.8) is 0 Å². The van der Waals surface area contributed by atoms with Gasteiger partial charge in [0.05, 0.1) is 6.04 Å². The van der Waals surface area contributed by atoms with Gasteiger partial charge in [0, 0.05) is 25.4 Å². The number of urea groups is 1. The van der Waals surface area contributed by atoms with Crippen LogP contribution in [0.3, 0.4) is 0 Å². The molecule has 1 aliphatic heterocycles. The maximum Gasteiger partial charge on any atom is 0.316 e. The Morgan fingerprint density at radius 3 is 2.73 bits per heavy atom. The van der Waals surface area contributed by atoms with E-state index >= 15 is 0 Å². The number of amides is 3. The molecule has 0 saturated carbocycles. The van der Waals surface area contributed by atoms with Gasteiger partial charge in [0.25, 0.3) is 0 Å². The lowest BCUT2D eigenvalue weighted by Crippen LogP contribution is -2.46. The van der Waals surface area contributed by atoms with Gasteiger partial charge in [0.1, 0.15) is 0 Å². The first-order valence-corrected chi connectivity index (χ1v) is 7.32. The molecule has 1 heterocycles. The summed E-state index contributed by atoms with van der Waals surface area (Å²) in [6.07, 6.45) is 1.62. The molecule has 0 aliphatic carbocycles. The van der Waals surface area contributed by atoms with E-state index < -0.39 is 12.1 Å². The number of ether oxygens (including phenoxy) is 1. The molecule has 1 saturated heterocycles. The zero-order chi connectivity index (χ0) is 15.9. The number of benzene rings is 1. The van der Waals surface area contributed by atoms with Gasteiger partial charge >= 0.3 is 6.03 Å². The fourth-order valence-electron chi connectivity index (χ4n) is 2.50. The minimum absolute atomic E-state index is 0.164. The van der Waals surface area contributed by atoms with Gasteiger partial charge in [-0.1, -0.05) is 12.1 Å². The summed E-state index contributed by atoms with van der Waals surface area (Å²) in [5, 5.41) is 5.32. The molecule has 0 spiro atoms. The zero-order valence-corrected chi connectivity index (χ0v) is 12.4. The van der Waals surface area contributed by atoms with Crippen LogP contribution in [0.5, 0.6) is 0 Å². The molecule has 1 unspecified atom stereocenters. The first kappa shape index (κ1) is 16.3. The third-order valence-electron chi connectivity index (χ3n) is 3.74. The molecule has 0 bridgehead atoms. The van der Waals surface area contributed by atoms with Crippen molar-refractivity contribution in [2.45, 2.75) is 25.4 Å². The van der Waals surface area contributed by atoms with Crippen LogP contribution < -0.4 is 22.1 Å². The average Bonchev–Trinajstić information content (AvgIpc) is 2.52. The zero-order valence-electron chi connectivity index (χ0n) is 12.4. The molecule has 7 heteroatoms. The van der Waals surface area contributed by atoms with E-state index in [4.69, 9.17) is 16.2 Å². The fourth-order valence-corrected chi connectivity index (χ4v) is 2.50. The molecule has 1 atom stereocenters. The maximum absolute atomic E-state index is 12.1. The monoisotopic (exact) mass is 306 g/mol. The molecule has 1 aromatic carbocycles. The van der Waals surface area contributed by atoms with Crippen LogP contribution in [0.4, 0.5) is 10.5 Å². The molecule has 1 fully saturated rings. The number of carbonyl (C=O) groups is 2. The van der Waals surface area contributed by atoms with Crippen LogP contribution in [-0.4, -0.2) is 31.2 Å². The second-order valence-electron chi connectivity index (χ2n) is 5.38. The van der Waals surface area contributed by atoms with Gasteiger partial charge in [0.2, 0.25) is 5.91 Å². The lowest BCUT2D eigenvalue weighted by atomic mass is 9.92. The van der Waals surface area contributed by atoms with E-state index in [0.717, 1.165) is 18.4 Å². The van der Waals surface area contributed by atoms with Crippen LogP contribution >= 0.6 is 0 Å². The summed E-state index contributed by atoms with van der Waals surface area (Å²) in [5.41, 5.74) is 12.5. The summed E-state index contributed by atoms with van der Waals surface area (Å²) in [5.74, 6) is -0.00299. The number of primary amides is 1. The number of nitrogens with two attached hydrogens (primary N) is 2. The Hall–Kier alpha value is -2.12. The van der Waals surface area contributed by atoms with Crippen molar-refractivity contribution in [1.82, 2.24) is 5.32 Å². The maximum atomic E-state index is 12.1. The molecule has 120 valence electrons. The lowest BCUT2D eigenvalue weighted by Gasteiger charge is -2.26. The molecule has 6 N–H and O–H groups in total. The number of hydrogen-bond donors (Lipinski definition) is 4. The molecule has 2 rings (SSSR count). The van der Waals surface area contributed by atoms with Gasteiger partial charge in [-0.15, -0.1) is 0 Å². The summed E-state index contributed by atoms with van der Waals surface area (Å²) in [6.45, 7) is 1.67. The molecule has 0 radical (unpaired) electrons. The Kier molecular flexibility index (Phi) is 5.74. The van der Waals surface area contributed by atoms with Crippen molar-refractivity contribution in [2.75, 3.05) is 18.5 Å². The minimum Gasteiger partial charge on any atom is -0.381 e. The van der Waals surface area contributed by atoms with E-state index in [1.54, 1.807) is 18.2 Å². The van der Waals surface area contributed by atoms with Crippen LogP contribution in [0.1, 0.15) is 18.4 Å². The van der Waals surface area contributed by atoms with Gasteiger partial charge in [-0.25, -0.2) is 4.79 Å². The first-order chi connectivity index (χ1) is 10.6. The van der Waals surface area contributed by atoms with Gasteiger partial charge in [-0.2, -0.15) is 0 Å². The average molecular weight is 306 g/mol. The predicted molar refractivity (Wildman–Crippen MR) is 83.0 cm³/mol. The fraction of sp³-hybridized carbons (Fsp3) is 0.467. The van der Waals surface area contributed by atoms with Gasteiger partial charge in [0.15, 0.2) is 0 Å². The highest BCUT2D eigenvalue weighted by Gasteiger charge is 2.26. The molecule has 3 amide bonds. The number of nitrogens with one attached hydrogen (secondary N) is 2. The Morgan fingerprint density at radius 1 is 1.32 bits per heavy atom. The number of rotatable bonds is 5. The van der Waals surface area contributed by atoms with Crippen LogP contribution in [-0.2, 0) is 16.1 Å². The van der Waals surface area contributed by atoms with Crippen molar-refractivity contribution >= 4 is 17.6 Å². The highest BCUT2D eigenvalue weighted by molar-refractivity contribution is 5.87. The first-order valence-electron chi connectivity index (χ1n) is 7.32. The van der Waals surface area contributed by atoms with Gasteiger partial charge < -0.3 is 26.8 Å². The lowest BCUT2D eigenvalue weighted by molar-refractivity contribution is -0.124. The third kappa shape index (κ3) is 4.71. The third-order valence-corrected chi connectivity index (χ3v) is 3.74. The smallest absolute Gasteiger partial charge is 0.316 e. The highest BCUT2D eigenvalue weighted by Crippen LogP contribution is 2.18. The molecule has 0 aromatic heterocycles. The van der Waals surface area contributed by atoms with Crippen LogP contribution in [0, 0.1) is 5.92 Å². The van der Waals surface area contributed by atoms with E-state index in [1.807, 2.05) is 6.07 Å². The normalized spacial score (nSPS) is 16.8. The van der Waals surface area contributed by atoms with Crippen LogP contribution in [0.25, 0.3) is 0 Å². The van der Waals surface area contributed by atoms with E-state index in [2.05, 4.69) is 10.6 Å². The van der Waals surface area contributed by atoms with E-state index in [0.29, 0.717) is 25.4 Å². The Morgan fingerprint density at radius 2 is 2.05 bits per heavy atom. The highest BCUT2D eigenvalue weighted by atomic mass is 16.5. The van der Waals surface area contributed by atoms with Crippen LogP contribution in [0.15, 0.2) is 24.3 Å². The summed E-state index contributed by atoms with van der Waals surface area (Å²) >= 11 is 0. The molecule has 1 aliphatic rings. The summed E-state index contributed by atoms with van der Waals surface area (Å²) in [4.78, 5) is 22.9. The molecular weight excluding hydrogens is 284 g/mol. The Bertz CT molecular complexity index is 529. The Labute approximate surface area is 129 Å². The summed E-state index contributed by atoms with van der Waals surface area (Å²) in [7, 11) is 0. The Balaban J connectivity index is 1.86. The summed E-state index contributed by atoms with van der Waals surface area (Å²) in [6, 6.07) is 5.98. The van der Waals surface area contributed by atoms with E-state index in [9.17, 15) is 9.59 Å². The SMILES string of the molecule is NC(=O)Nc1cccc(CNC(=O)C(N)C2CCOCC2)c1. The second kappa shape index (κ2) is 7.77. The molecule has 1 aromatic rings. The number of hydrogen-bond acceptors (Lipinski definition) is 4. The molecular formula is C15H22N4O3. The standard InChI is InChI=1S/C15H22N4O3/c16-13(11-4-6-22-7-5-11)14(20)18-9-10-2-1-3-12(8-10)19-15(17)21/h1-3,8,11,13H,4-7,9,16H2,(H,18,20)(H3,17,19,21). The van der Waals surface area contributed by atoms with E-state index in [1.165, 1.54) is 0 Å². The molecule has 22 heavy (non-hydrogen) atoms. The van der Waals surface area contributed by atoms with Crippen molar-refractivity contribution in [2.24, 2.45) is 17.4 Å². The van der Waals surface area contributed by atoms with Crippen molar-refractivity contribution < 1.29 is 14.3 Å². The van der Waals surface area contributed by atoms with Crippen molar-refractivity contribution in [1.29, 1.82) is 0 Å². The van der Waals surface area contributed by atoms with Gasteiger partial charge in [-0.3, -0.25) is 4.79 Å². The second-order valence-corrected chi connectivity index (χ2v) is 5.38. The van der Waals surface area contributed by atoms with Crippen molar-refractivity contribution in [3.05, 3.63) is 29.8 Å².